The molecule has 1 fully saturated rings. The highest BCUT2D eigenvalue weighted by molar-refractivity contribution is 8.48. The van der Waals surface area contributed by atoms with E-state index < -0.39 is 25.4 Å². The fourth-order valence-corrected chi connectivity index (χ4v) is 7.90. The standard InChI is InChI=1S/C21H30F3N3O3P2S3/c1-34(31,32(22,23)24)21-15-19(35(25,28)29)7-8-20(21)26-17(9-10-27-11-13-30-14-12-27)16-33-18-5-3-2-4-6-18/h2-8,15,17,26,31H,9-14,16H2,1H3,(H2,25,28,29)/t17-,34?/m1/s1. The molecule has 0 aromatic heterocycles. The normalized spacial score (nSPS) is 18.1. The molecule has 0 saturated carbocycles. The average molecular weight is 588 g/mol. The van der Waals surface area contributed by atoms with Crippen molar-refractivity contribution in [2.45, 2.75) is 27.1 Å². The van der Waals surface area contributed by atoms with Crippen LogP contribution in [0.5, 0.6) is 0 Å². The van der Waals surface area contributed by atoms with Gasteiger partial charge in [-0.25, -0.2) is 13.6 Å². The molecule has 1 aliphatic heterocycles. The van der Waals surface area contributed by atoms with Gasteiger partial charge in [-0.15, -0.1) is 11.8 Å². The van der Waals surface area contributed by atoms with Crippen LogP contribution in [-0.2, 0) is 23.1 Å². The van der Waals surface area contributed by atoms with Crippen molar-refractivity contribution in [2.24, 2.45) is 5.14 Å². The zero-order valence-electron chi connectivity index (χ0n) is 19.2. The molecular formula is C21H30F3N3O3P2S3. The van der Waals surface area contributed by atoms with Gasteiger partial charge in [-0.3, -0.25) is 4.90 Å². The lowest BCUT2D eigenvalue weighted by atomic mass is 10.2. The lowest BCUT2D eigenvalue weighted by Crippen LogP contribution is -2.39. The molecule has 0 aliphatic carbocycles. The number of sulfonamides is 1. The number of nitrogens with two attached hydrogens (primary N) is 1. The molecule has 196 valence electrons. The van der Waals surface area contributed by atoms with Gasteiger partial charge in [-0.05, 0) is 43.0 Å². The molecule has 1 heterocycles. The van der Waals surface area contributed by atoms with Gasteiger partial charge in [0.2, 0.25) is 10.0 Å². The highest BCUT2D eigenvalue weighted by Gasteiger charge is 2.27. The van der Waals surface area contributed by atoms with Crippen LogP contribution in [0.3, 0.4) is 0 Å². The van der Waals surface area contributed by atoms with Crippen molar-refractivity contribution in [3.63, 3.8) is 0 Å². The van der Waals surface area contributed by atoms with Crippen LogP contribution in [0.15, 0.2) is 63.2 Å². The summed E-state index contributed by atoms with van der Waals surface area (Å²) in [6.07, 6.45) is 1.79. The molecule has 3 N–H and O–H groups in total. The van der Waals surface area contributed by atoms with Crippen LogP contribution in [0, 0.1) is 0 Å². The predicted molar refractivity (Wildman–Crippen MR) is 144 cm³/mol. The smallest absolute Gasteiger partial charge is 0.381 e. The first-order valence-corrected chi connectivity index (χ1v) is 18.7. The number of nitrogens with zero attached hydrogens (tertiary/aromatic N) is 1. The number of hydrogen-bond donors (Lipinski definition) is 2. The molecule has 0 spiro atoms. The molecule has 1 saturated heterocycles. The number of nitrogens with one attached hydrogen (secondary N) is 1. The average Bonchev–Trinajstić information content (AvgIpc) is 2.81. The number of morpholine rings is 1. The largest absolute Gasteiger partial charge is 0.401 e. The number of ether oxygens (including phenoxy) is 1. The van der Waals surface area contributed by atoms with Gasteiger partial charge in [0, 0.05) is 46.9 Å². The van der Waals surface area contributed by atoms with Crippen LogP contribution in [0.4, 0.5) is 18.3 Å². The van der Waals surface area contributed by atoms with Crippen molar-refractivity contribution >= 4 is 50.8 Å². The van der Waals surface area contributed by atoms with Gasteiger partial charge in [-0.1, -0.05) is 34.6 Å². The number of benzene rings is 2. The van der Waals surface area contributed by atoms with E-state index in [1.807, 2.05) is 30.3 Å². The second-order valence-electron chi connectivity index (χ2n) is 8.19. The summed E-state index contributed by atoms with van der Waals surface area (Å²) in [5.74, 6) is 0.625. The van der Waals surface area contributed by atoms with Crippen LogP contribution >= 0.6 is 26.7 Å². The van der Waals surface area contributed by atoms with Gasteiger partial charge in [0.1, 0.15) is 0 Å². The molecule has 2 aromatic rings. The van der Waals surface area contributed by atoms with E-state index in [1.54, 1.807) is 11.8 Å². The monoisotopic (exact) mass is 587 g/mol. The molecule has 2 aromatic carbocycles. The van der Waals surface area contributed by atoms with Crippen LogP contribution in [0.2, 0.25) is 0 Å². The first-order chi connectivity index (χ1) is 16.4. The second kappa shape index (κ2) is 12.2. The fourth-order valence-electron chi connectivity index (χ4n) is 3.53. The molecule has 14 heteroatoms. The Kier molecular flexibility index (Phi) is 10.1. The highest BCUT2D eigenvalue weighted by atomic mass is 32.8. The first-order valence-electron chi connectivity index (χ1n) is 10.8. The van der Waals surface area contributed by atoms with Gasteiger partial charge in [0.25, 0.3) is 0 Å². The maximum Gasteiger partial charge on any atom is 0.401 e. The van der Waals surface area contributed by atoms with Gasteiger partial charge >= 0.3 is 6.97 Å². The Bertz CT molecular complexity index is 1260. The summed E-state index contributed by atoms with van der Waals surface area (Å²) < 4.78 is 71.5. The molecule has 3 rings (SSSR count). The number of primary sulfonamides is 1. The molecular weight excluding hydrogens is 557 g/mol. The third-order valence-electron chi connectivity index (χ3n) is 5.58. The maximum atomic E-state index is 14.1. The Labute approximate surface area is 212 Å². The van der Waals surface area contributed by atoms with Crippen molar-refractivity contribution in [2.75, 3.05) is 50.2 Å². The Hall–Kier alpha value is -0.710. The molecule has 1 unspecified atom stereocenters. The predicted octanol–water partition coefficient (Wildman–Crippen LogP) is 5.42. The Morgan fingerprint density at radius 3 is 2.43 bits per heavy atom. The lowest BCUT2D eigenvalue weighted by molar-refractivity contribution is 0.0370. The van der Waals surface area contributed by atoms with E-state index in [0.717, 1.165) is 36.9 Å². The Morgan fingerprint density at radius 1 is 1.17 bits per heavy atom. The van der Waals surface area contributed by atoms with E-state index in [2.05, 4.69) is 18.2 Å². The van der Waals surface area contributed by atoms with E-state index in [1.165, 1.54) is 12.1 Å². The van der Waals surface area contributed by atoms with Crippen LogP contribution in [0.1, 0.15) is 6.42 Å². The SMILES string of the molecule is CS(=P)(c1cc(S(N)(=O)=O)ccc1N[C@H](CCN1CCOCC1)CSc1ccccc1)=P(F)(F)F. The number of rotatable bonds is 10. The summed E-state index contributed by atoms with van der Waals surface area (Å²) in [7, 11) is -4.60. The topological polar surface area (TPSA) is 84.7 Å². The Balaban J connectivity index is 1.94. The molecule has 35 heavy (non-hydrogen) atoms. The number of thioether (sulfide) groups is 1. The maximum absolute atomic E-state index is 14.1. The van der Waals surface area contributed by atoms with Gasteiger partial charge in [-0.2, -0.15) is 12.6 Å². The van der Waals surface area contributed by atoms with Crippen molar-refractivity contribution in [1.29, 1.82) is 0 Å². The third kappa shape index (κ3) is 8.14. The third-order valence-corrected chi connectivity index (χ3v) is 15.3. The van der Waals surface area contributed by atoms with E-state index in [0.29, 0.717) is 25.4 Å². The van der Waals surface area contributed by atoms with E-state index in [4.69, 9.17) is 9.88 Å². The van der Waals surface area contributed by atoms with E-state index in [-0.39, 0.29) is 21.5 Å². The molecule has 2 atom stereocenters. The fraction of sp³-hybridized carbons (Fsp3) is 0.429. The number of anilines is 1. The number of hydrogen-bond acceptors (Lipinski definition) is 6. The minimum atomic E-state index is -5.89. The van der Waals surface area contributed by atoms with E-state index in [9.17, 15) is 21.0 Å². The lowest BCUT2D eigenvalue weighted by Gasteiger charge is -2.29. The Morgan fingerprint density at radius 2 is 1.83 bits per heavy atom. The summed E-state index contributed by atoms with van der Waals surface area (Å²) in [6.45, 7) is -2.17. The second-order valence-corrected chi connectivity index (χ2v) is 20.7. The molecule has 0 bridgehead atoms. The van der Waals surface area contributed by atoms with Gasteiger partial charge in [0.05, 0.1) is 18.1 Å². The minimum absolute atomic E-state index is 0.109. The van der Waals surface area contributed by atoms with Crippen LogP contribution < -0.4 is 10.5 Å². The quantitative estimate of drug-likeness (QED) is 0.286. The zero-order chi connectivity index (χ0) is 25.7. The molecule has 0 amide bonds. The van der Waals surface area contributed by atoms with Crippen molar-refractivity contribution in [3.05, 3.63) is 48.5 Å². The van der Waals surface area contributed by atoms with Crippen molar-refractivity contribution in [3.8, 4) is 0 Å². The summed E-state index contributed by atoms with van der Waals surface area (Å²) in [5.41, 5.74) is 0.267. The summed E-state index contributed by atoms with van der Waals surface area (Å²) in [5, 5.41) is 8.53. The number of halogens is 3. The van der Waals surface area contributed by atoms with Crippen molar-refractivity contribution < 1.29 is 25.7 Å². The van der Waals surface area contributed by atoms with Crippen molar-refractivity contribution in [1.82, 2.24) is 4.90 Å². The van der Waals surface area contributed by atoms with E-state index >= 15 is 0 Å². The van der Waals surface area contributed by atoms with Gasteiger partial charge < -0.3 is 10.1 Å². The molecule has 6 nitrogen and oxygen atoms in total. The summed E-state index contributed by atoms with van der Waals surface area (Å²) in [4.78, 5) is 2.89. The molecule has 1 aliphatic rings. The van der Waals surface area contributed by atoms with Crippen LogP contribution in [-0.4, -0.2) is 64.2 Å². The highest BCUT2D eigenvalue weighted by Crippen LogP contribution is 2.61. The van der Waals surface area contributed by atoms with Gasteiger partial charge in [0.15, 0.2) is 0 Å². The van der Waals surface area contributed by atoms with Crippen LogP contribution in [0.25, 0.3) is 0 Å². The zero-order valence-corrected chi connectivity index (χ0v) is 23.5. The molecule has 0 radical (unpaired) electrons. The summed E-state index contributed by atoms with van der Waals surface area (Å²) in [6, 6.07) is 13.3. The first kappa shape index (κ1) is 28.9. The minimum Gasteiger partial charge on any atom is -0.381 e. The summed E-state index contributed by atoms with van der Waals surface area (Å²) >= 11 is 1.62.